The van der Waals surface area contributed by atoms with Crippen molar-refractivity contribution in [1.82, 2.24) is 5.32 Å². The van der Waals surface area contributed by atoms with Gasteiger partial charge in [-0.3, -0.25) is 4.79 Å². The first kappa shape index (κ1) is 14.6. The lowest BCUT2D eigenvalue weighted by atomic mass is 9.77. The van der Waals surface area contributed by atoms with Crippen LogP contribution in [0, 0.1) is 11.8 Å². The van der Waals surface area contributed by atoms with Crippen LogP contribution in [-0.4, -0.2) is 37.5 Å². The third kappa shape index (κ3) is 2.72. The molecule has 0 atom stereocenters. The molecule has 1 aliphatic carbocycles. The van der Waals surface area contributed by atoms with E-state index in [2.05, 4.69) is 10.5 Å². The Kier molecular flexibility index (Phi) is 4.36. The van der Waals surface area contributed by atoms with Crippen LogP contribution in [0.1, 0.15) is 32.1 Å². The summed E-state index contributed by atoms with van der Waals surface area (Å²) in [5.74, 6) is 0.539. The molecule has 1 spiro atoms. The monoisotopic (exact) mass is 288 g/mol. The summed E-state index contributed by atoms with van der Waals surface area (Å²) in [5, 5.41) is 7.52. The average Bonchev–Trinajstić information content (AvgIpc) is 2.83. The number of oxime groups is 1. The molecule has 3 rings (SSSR count). The molecule has 0 bridgehead atoms. The van der Waals surface area contributed by atoms with Crippen LogP contribution in [0.2, 0.25) is 0 Å². The minimum Gasteiger partial charge on any atom is -0.469 e. The SMILES string of the molecule is COC(=O)C1CCC(C2=NOC3(CNC3)C2)CC1.Cl. The highest BCUT2D eigenvalue weighted by Gasteiger charge is 2.46. The number of esters is 1. The lowest BCUT2D eigenvalue weighted by Crippen LogP contribution is -2.59. The number of hydrogen-bond acceptors (Lipinski definition) is 5. The lowest BCUT2D eigenvalue weighted by Gasteiger charge is -2.36. The van der Waals surface area contributed by atoms with E-state index < -0.39 is 0 Å². The smallest absolute Gasteiger partial charge is 0.308 e. The molecule has 5 nitrogen and oxygen atoms in total. The highest BCUT2D eigenvalue weighted by molar-refractivity contribution is 5.89. The summed E-state index contributed by atoms with van der Waals surface area (Å²) in [6.07, 6.45) is 4.87. The predicted octanol–water partition coefficient (Wildman–Crippen LogP) is 1.51. The van der Waals surface area contributed by atoms with Crippen molar-refractivity contribution in [2.75, 3.05) is 20.2 Å². The minimum absolute atomic E-state index is 0. The topological polar surface area (TPSA) is 59.9 Å². The number of carbonyl (C=O) groups is 1. The molecule has 19 heavy (non-hydrogen) atoms. The van der Waals surface area contributed by atoms with Gasteiger partial charge in [0.25, 0.3) is 0 Å². The van der Waals surface area contributed by atoms with Crippen LogP contribution in [0.5, 0.6) is 0 Å². The van der Waals surface area contributed by atoms with Crippen molar-refractivity contribution >= 4 is 24.1 Å². The predicted molar refractivity (Wildman–Crippen MR) is 73.4 cm³/mol. The quantitative estimate of drug-likeness (QED) is 0.783. The van der Waals surface area contributed by atoms with Crippen LogP contribution in [-0.2, 0) is 14.4 Å². The maximum absolute atomic E-state index is 11.5. The van der Waals surface area contributed by atoms with Crippen LogP contribution in [0.4, 0.5) is 0 Å². The number of carbonyl (C=O) groups excluding carboxylic acids is 1. The summed E-state index contributed by atoms with van der Waals surface area (Å²) < 4.78 is 4.81. The van der Waals surface area contributed by atoms with Gasteiger partial charge in [-0.15, -0.1) is 12.4 Å². The Morgan fingerprint density at radius 1 is 1.37 bits per heavy atom. The Morgan fingerprint density at radius 2 is 2.05 bits per heavy atom. The molecule has 0 aromatic rings. The molecular weight excluding hydrogens is 268 g/mol. The van der Waals surface area contributed by atoms with E-state index in [-0.39, 0.29) is 29.9 Å². The summed E-state index contributed by atoms with van der Waals surface area (Å²) in [6, 6.07) is 0. The molecule has 0 radical (unpaired) electrons. The molecule has 0 unspecified atom stereocenters. The van der Waals surface area contributed by atoms with Gasteiger partial charge in [0.05, 0.1) is 18.7 Å². The number of hydrogen-bond donors (Lipinski definition) is 1. The maximum atomic E-state index is 11.5. The standard InChI is InChI=1S/C13H20N2O3.ClH/c1-17-12(16)10-4-2-9(3-5-10)11-6-13(18-15-11)7-14-8-13;/h9-10,14H,2-8H2,1H3;1H. The lowest BCUT2D eigenvalue weighted by molar-refractivity contribution is -0.146. The van der Waals surface area contributed by atoms with Gasteiger partial charge in [-0.05, 0) is 25.7 Å². The Balaban J connectivity index is 0.00000133. The van der Waals surface area contributed by atoms with Crippen molar-refractivity contribution < 1.29 is 14.4 Å². The Morgan fingerprint density at radius 3 is 2.53 bits per heavy atom. The largest absolute Gasteiger partial charge is 0.469 e. The van der Waals surface area contributed by atoms with Gasteiger partial charge >= 0.3 is 5.97 Å². The van der Waals surface area contributed by atoms with E-state index >= 15 is 0 Å². The van der Waals surface area contributed by atoms with Crippen molar-refractivity contribution in [2.45, 2.75) is 37.7 Å². The summed E-state index contributed by atoms with van der Waals surface area (Å²) in [7, 11) is 1.47. The first-order chi connectivity index (χ1) is 8.72. The second-order valence-corrected chi connectivity index (χ2v) is 5.71. The summed E-state index contributed by atoms with van der Waals surface area (Å²) >= 11 is 0. The van der Waals surface area contributed by atoms with Crippen molar-refractivity contribution in [3.05, 3.63) is 0 Å². The third-order valence-corrected chi connectivity index (χ3v) is 4.49. The van der Waals surface area contributed by atoms with E-state index in [1.165, 1.54) is 12.8 Å². The van der Waals surface area contributed by atoms with E-state index in [1.54, 1.807) is 0 Å². The van der Waals surface area contributed by atoms with Crippen molar-refractivity contribution in [2.24, 2.45) is 17.0 Å². The van der Waals surface area contributed by atoms with Crippen LogP contribution in [0.25, 0.3) is 0 Å². The summed E-state index contributed by atoms with van der Waals surface area (Å²) in [5.41, 5.74) is 1.17. The second kappa shape index (κ2) is 5.67. The van der Waals surface area contributed by atoms with E-state index in [0.717, 1.165) is 45.2 Å². The van der Waals surface area contributed by atoms with Gasteiger partial charge in [0.1, 0.15) is 0 Å². The Labute approximate surface area is 119 Å². The molecule has 108 valence electrons. The third-order valence-electron chi connectivity index (χ3n) is 4.49. The zero-order valence-corrected chi connectivity index (χ0v) is 12.0. The Bertz CT molecular complexity index is 374. The van der Waals surface area contributed by atoms with Crippen LogP contribution in [0.15, 0.2) is 5.16 Å². The molecule has 3 aliphatic rings. The summed E-state index contributed by atoms with van der Waals surface area (Å²) in [4.78, 5) is 17.0. The van der Waals surface area contributed by atoms with Crippen LogP contribution >= 0.6 is 12.4 Å². The normalized spacial score (nSPS) is 31.7. The zero-order chi connectivity index (χ0) is 12.6. The van der Waals surface area contributed by atoms with Gasteiger partial charge in [-0.25, -0.2) is 0 Å². The first-order valence-corrected chi connectivity index (χ1v) is 6.76. The van der Waals surface area contributed by atoms with Gasteiger partial charge in [-0.1, -0.05) is 5.16 Å². The van der Waals surface area contributed by atoms with Crippen molar-refractivity contribution in [1.29, 1.82) is 0 Å². The molecule has 1 N–H and O–H groups in total. The Hall–Kier alpha value is -0.810. The number of rotatable bonds is 2. The maximum Gasteiger partial charge on any atom is 0.308 e. The van der Waals surface area contributed by atoms with Gasteiger partial charge in [0.2, 0.25) is 0 Å². The molecule has 0 aromatic carbocycles. The van der Waals surface area contributed by atoms with E-state index in [4.69, 9.17) is 9.57 Å². The van der Waals surface area contributed by atoms with Crippen LogP contribution < -0.4 is 5.32 Å². The number of nitrogens with zero attached hydrogens (tertiary/aromatic N) is 1. The van der Waals surface area contributed by atoms with Crippen LogP contribution in [0.3, 0.4) is 0 Å². The van der Waals surface area contributed by atoms with E-state index in [9.17, 15) is 4.79 Å². The molecular formula is C13H21ClN2O3. The average molecular weight is 289 g/mol. The highest BCUT2D eigenvalue weighted by atomic mass is 35.5. The minimum atomic E-state index is -0.0577. The van der Waals surface area contributed by atoms with E-state index in [0.29, 0.717) is 5.92 Å². The van der Waals surface area contributed by atoms with E-state index in [1.807, 2.05) is 0 Å². The van der Waals surface area contributed by atoms with Gasteiger partial charge in [0.15, 0.2) is 5.60 Å². The molecule has 2 aliphatic heterocycles. The fourth-order valence-corrected chi connectivity index (χ4v) is 3.19. The fraction of sp³-hybridized carbons (Fsp3) is 0.846. The number of ether oxygens (including phenoxy) is 1. The zero-order valence-electron chi connectivity index (χ0n) is 11.2. The first-order valence-electron chi connectivity index (χ1n) is 6.76. The van der Waals surface area contributed by atoms with Crippen molar-refractivity contribution in [3.63, 3.8) is 0 Å². The fourth-order valence-electron chi connectivity index (χ4n) is 3.19. The number of halogens is 1. The molecule has 1 saturated carbocycles. The van der Waals surface area contributed by atoms with Gasteiger partial charge < -0.3 is 14.9 Å². The second-order valence-electron chi connectivity index (χ2n) is 5.71. The van der Waals surface area contributed by atoms with Crippen molar-refractivity contribution in [3.8, 4) is 0 Å². The molecule has 6 heteroatoms. The molecule has 2 heterocycles. The molecule has 2 fully saturated rings. The molecule has 0 amide bonds. The molecule has 0 aromatic heterocycles. The highest BCUT2D eigenvalue weighted by Crippen LogP contribution is 2.37. The summed E-state index contributed by atoms with van der Waals surface area (Å²) in [6.45, 7) is 1.83. The number of methoxy groups -OCH3 is 1. The van der Waals surface area contributed by atoms with Gasteiger partial charge in [-0.2, -0.15) is 0 Å². The number of nitrogens with one attached hydrogen (secondary N) is 1. The van der Waals surface area contributed by atoms with Gasteiger partial charge in [0, 0.05) is 25.4 Å². The molecule has 1 saturated heterocycles.